The van der Waals surface area contributed by atoms with Crippen LogP contribution in [0, 0.1) is 11.3 Å². The molecule has 1 saturated heterocycles. The molecular weight excluding hydrogens is 366 g/mol. The van der Waals surface area contributed by atoms with Crippen molar-refractivity contribution in [3.8, 4) is 6.07 Å². The van der Waals surface area contributed by atoms with Crippen molar-refractivity contribution in [2.75, 3.05) is 0 Å². The van der Waals surface area contributed by atoms with Crippen LogP contribution < -0.4 is 10.2 Å². The van der Waals surface area contributed by atoms with Crippen molar-refractivity contribution < 1.29 is 14.3 Å². The van der Waals surface area contributed by atoms with Gasteiger partial charge in [0.1, 0.15) is 6.04 Å². The summed E-state index contributed by atoms with van der Waals surface area (Å²) in [5.41, 5.74) is 2.20. The third kappa shape index (κ3) is 4.65. The summed E-state index contributed by atoms with van der Waals surface area (Å²) >= 11 is 5.77. The maximum Gasteiger partial charge on any atom is 0.239 e. The van der Waals surface area contributed by atoms with Gasteiger partial charge in [-0.3, -0.25) is 4.79 Å². The second-order valence-corrected chi connectivity index (χ2v) is 6.53. The molecule has 0 unspecified atom stereocenters. The number of hydrogen-bond acceptors (Lipinski definition) is 5. The molecule has 6 nitrogen and oxygen atoms in total. The van der Waals surface area contributed by atoms with Gasteiger partial charge < -0.3 is 14.8 Å². The molecule has 1 heterocycles. The number of rotatable bonds is 7. The van der Waals surface area contributed by atoms with Crippen LogP contribution in [-0.4, -0.2) is 24.3 Å². The molecule has 1 aliphatic rings. The predicted molar refractivity (Wildman–Crippen MR) is 100 cm³/mol. The van der Waals surface area contributed by atoms with E-state index in [1.165, 1.54) is 0 Å². The van der Waals surface area contributed by atoms with E-state index in [4.69, 9.17) is 21.3 Å². The summed E-state index contributed by atoms with van der Waals surface area (Å²) in [4.78, 5) is 15.0. The van der Waals surface area contributed by atoms with E-state index in [1.54, 1.807) is 25.1 Å². The molecule has 2 aromatic rings. The first-order chi connectivity index (χ1) is 13.1. The van der Waals surface area contributed by atoms with Crippen LogP contribution in [0.1, 0.15) is 29.9 Å². The van der Waals surface area contributed by atoms with Crippen molar-refractivity contribution in [2.45, 2.75) is 38.0 Å². The van der Waals surface area contributed by atoms with Gasteiger partial charge in [0.15, 0.2) is 12.6 Å². The van der Waals surface area contributed by atoms with Gasteiger partial charge in [-0.15, -0.1) is 0 Å². The van der Waals surface area contributed by atoms with Crippen molar-refractivity contribution >= 4 is 17.7 Å². The minimum atomic E-state index is -0.686. The second-order valence-electron chi connectivity index (χ2n) is 6.32. The Labute approximate surface area is 163 Å². The number of nitrogens with one attached hydrogen (secondary N) is 2. The highest BCUT2D eigenvalue weighted by molar-refractivity contribution is 6.15. The number of ether oxygens (including phenoxy) is 2. The Morgan fingerprint density at radius 2 is 1.85 bits per heavy atom. The monoisotopic (exact) mass is 385 g/mol. The van der Waals surface area contributed by atoms with E-state index in [9.17, 15) is 10.1 Å². The van der Waals surface area contributed by atoms with Gasteiger partial charge in [-0.1, -0.05) is 48.5 Å². The maximum absolute atomic E-state index is 12.5. The van der Waals surface area contributed by atoms with Crippen molar-refractivity contribution in [3.63, 3.8) is 0 Å². The summed E-state index contributed by atoms with van der Waals surface area (Å²) in [6.45, 7) is 1.80. The van der Waals surface area contributed by atoms with Crippen LogP contribution in [-0.2, 0) is 20.7 Å². The standard InChI is InChI=1S/C20H20ClN3O3/c1-13(19-26-20(27-19)14-7-3-2-4-8-14)23-18(25)17(24-21)11-15-9-5-6-10-16(15)12-22/h2-10,13,17,19-20,24H,11H2,1H3,(H,23,25)/t13-,17+,19?,20?/m0/s1. The molecule has 2 N–H and O–H groups in total. The number of nitriles is 1. The lowest BCUT2D eigenvalue weighted by molar-refractivity contribution is -0.396. The van der Waals surface area contributed by atoms with Gasteiger partial charge in [0.25, 0.3) is 0 Å². The van der Waals surface area contributed by atoms with E-state index in [-0.39, 0.29) is 11.9 Å². The molecular formula is C20H20ClN3O3. The van der Waals surface area contributed by atoms with Gasteiger partial charge in [-0.2, -0.15) is 5.26 Å². The summed E-state index contributed by atoms with van der Waals surface area (Å²) in [6, 6.07) is 17.8. The zero-order valence-electron chi connectivity index (χ0n) is 14.8. The molecule has 7 heteroatoms. The fraction of sp³-hybridized carbons (Fsp3) is 0.300. The van der Waals surface area contributed by atoms with Crippen molar-refractivity contribution in [3.05, 3.63) is 71.3 Å². The summed E-state index contributed by atoms with van der Waals surface area (Å²) in [5.74, 6) is -0.291. The van der Waals surface area contributed by atoms with Crippen LogP contribution in [0.4, 0.5) is 0 Å². The molecule has 2 aromatic carbocycles. The van der Waals surface area contributed by atoms with E-state index < -0.39 is 18.6 Å². The summed E-state index contributed by atoms with van der Waals surface area (Å²) in [5, 5.41) is 12.0. The fourth-order valence-corrected chi connectivity index (χ4v) is 3.03. The number of amides is 1. The molecule has 2 atom stereocenters. The average Bonchev–Trinajstić information content (AvgIpc) is 2.66. The van der Waals surface area contributed by atoms with Crippen LogP contribution >= 0.6 is 11.8 Å². The van der Waals surface area contributed by atoms with Gasteiger partial charge in [0.2, 0.25) is 5.91 Å². The number of carbonyl (C=O) groups is 1. The zero-order chi connectivity index (χ0) is 19.2. The zero-order valence-corrected chi connectivity index (χ0v) is 15.5. The number of hydrogen-bond donors (Lipinski definition) is 2. The molecule has 1 amide bonds. The Bertz CT molecular complexity index is 819. The number of benzene rings is 2. The highest BCUT2D eigenvalue weighted by Gasteiger charge is 2.37. The molecule has 3 rings (SSSR count). The Balaban J connectivity index is 1.53. The fourth-order valence-electron chi connectivity index (χ4n) is 2.86. The summed E-state index contributed by atoms with van der Waals surface area (Å²) < 4.78 is 11.4. The Morgan fingerprint density at radius 3 is 2.52 bits per heavy atom. The average molecular weight is 386 g/mol. The molecule has 0 radical (unpaired) electrons. The van der Waals surface area contributed by atoms with Crippen LogP contribution in [0.2, 0.25) is 0 Å². The van der Waals surface area contributed by atoms with Crippen LogP contribution in [0.15, 0.2) is 54.6 Å². The number of nitrogens with zero attached hydrogens (tertiary/aromatic N) is 1. The third-order valence-electron chi connectivity index (χ3n) is 4.38. The number of carbonyl (C=O) groups excluding carboxylic acids is 1. The van der Waals surface area contributed by atoms with Crippen LogP contribution in [0.5, 0.6) is 0 Å². The lowest BCUT2D eigenvalue weighted by Crippen LogP contribution is -2.54. The van der Waals surface area contributed by atoms with Crippen LogP contribution in [0.25, 0.3) is 0 Å². The lowest BCUT2D eigenvalue weighted by atomic mass is 10.0. The normalized spacial score (nSPS) is 20.8. The molecule has 1 aliphatic heterocycles. The highest BCUT2D eigenvalue weighted by Crippen LogP contribution is 2.33. The van der Waals surface area contributed by atoms with Crippen molar-refractivity contribution in [1.29, 1.82) is 5.26 Å². The van der Waals surface area contributed by atoms with Crippen LogP contribution in [0.3, 0.4) is 0 Å². The Morgan fingerprint density at radius 1 is 1.19 bits per heavy atom. The smallest absolute Gasteiger partial charge is 0.239 e. The quantitative estimate of drug-likeness (QED) is 0.716. The number of halogens is 1. The lowest BCUT2D eigenvalue weighted by Gasteiger charge is -2.40. The van der Waals surface area contributed by atoms with E-state index >= 15 is 0 Å². The largest absolute Gasteiger partial charge is 0.347 e. The molecule has 0 aliphatic carbocycles. The molecule has 0 spiro atoms. The first-order valence-electron chi connectivity index (χ1n) is 8.62. The van der Waals surface area contributed by atoms with Gasteiger partial charge in [0.05, 0.1) is 17.7 Å². The first-order valence-corrected chi connectivity index (χ1v) is 9.00. The molecule has 0 saturated carbocycles. The minimum absolute atomic E-state index is 0.291. The highest BCUT2D eigenvalue weighted by atomic mass is 35.5. The molecule has 1 fully saturated rings. The molecule has 0 bridgehead atoms. The van der Waals surface area contributed by atoms with E-state index in [1.807, 2.05) is 36.4 Å². The van der Waals surface area contributed by atoms with Crippen molar-refractivity contribution in [2.24, 2.45) is 0 Å². The van der Waals surface area contributed by atoms with E-state index in [0.29, 0.717) is 12.0 Å². The van der Waals surface area contributed by atoms with E-state index in [2.05, 4.69) is 16.2 Å². The van der Waals surface area contributed by atoms with Gasteiger partial charge in [0, 0.05) is 5.56 Å². The molecule has 27 heavy (non-hydrogen) atoms. The second kappa shape index (κ2) is 8.98. The topological polar surface area (TPSA) is 83.4 Å². The molecule has 140 valence electrons. The van der Waals surface area contributed by atoms with Crippen molar-refractivity contribution in [1.82, 2.24) is 10.2 Å². The third-order valence-corrected chi connectivity index (χ3v) is 4.64. The SMILES string of the molecule is C[C@H](NC(=O)[C@@H](Cc1ccccc1C#N)NCl)C1OC(c2ccccc2)O1. The molecule has 0 aromatic heterocycles. The summed E-state index contributed by atoms with van der Waals surface area (Å²) in [6.07, 6.45) is -0.647. The van der Waals surface area contributed by atoms with E-state index in [0.717, 1.165) is 11.1 Å². The summed E-state index contributed by atoms with van der Waals surface area (Å²) in [7, 11) is 0. The van der Waals surface area contributed by atoms with Gasteiger partial charge in [-0.05, 0) is 36.8 Å². The van der Waals surface area contributed by atoms with Gasteiger partial charge in [-0.25, -0.2) is 4.84 Å². The minimum Gasteiger partial charge on any atom is -0.347 e. The first kappa shape index (κ1) is 19.3. The Kier molecular flexibility index (Phi) is 6.43. The Hall–Kier alpha value is -2.43. The van der Waals surface area contributed by atoms with Gasteiger partial charge >= 0.3 is 0 Å². The predicted octanol–water partition coefficient (Wildman–Crippen LogP) is 2.79. The maximum atomic E-state index is 12.5.